The van der Waals surface area contributed by atoms with E-state index in [-0.39, 0.29) is 11.4 Å². The predicted molar refractivity (Wildman–Crippen MR) is 80.2 cm³/mol. The number of likely N-dealkylation sites (tertiary alicyclic amines) is 1. The van der Waals surface area contributed by atoms with E-state index in [9.17, 15) is 14.7 Å². The number of carboxylic acid groups (broad SMARTS) is 1. The number of carbonyl (C=O) groups is 2. The Bertz CT molecular complexity index is 407. The number of piperidine rings is 1. The van der Waals surface area contributed by atoms with Gasteiger partial charge in [0.15, 0.2) is 0 Å². The minimum atomic E-state index is -0.912. The highest BCUT2D eigenvalue weighted by Gasteiger charge is 2.44. The van der Waals surface area contributed by atoms with Gasteiger partial charge in [0.05, 0.1) is 0 Å². The van der Waals surface area contributed by atoms with Crippen molar-refractivity contribution < 1.29 is 14.7 Å². The van der Waals surface area contributed by atoms with Gasteiger partial charge in [0.25, 0.3) is 0 Å². The van der Waals surface area contributed by atoms with Crippen LogP contribution in [0.1, 0.15) is 39.5 Å². The van der Waals surface area contributed by atoms with Crippen LogP contribution in [0.25, 0.3) is 0 Å². The zero-order valence-electron chi connectivity index (χ0n) is 13.3. The lowest BCUT2D eigenvalue weighted by Crippen LogP contribution is -2.59. The summed E-state index contributed by atoms with van der Waals surface area (Å²) in [6.45, 7) is 5.74. The Hall–Kier alpha value is -1.30. The van der Waals surface area contributed by atoms with Crippen LogP contribution in [0.15, 0.2) is 0 Å². The van der Waals surface area contributed by atoms with Crippen molar-refractivity contribution >= 4 is 12.0 Å². The summed E-state index contributed by atoms with van der Waals surface area (Å²) in [6, 6.07) is -0.325. The molecule has 6 heteroatoms. The fraction of sp³-hybridized carbons (Fsp3) is 0.867. The van der Waals surface area contributed by atoms with Gasteiger partial charge in [-0.05, 0) is 38.1 Å². The molecule has 0 aromatic carbocycles. The predicted octanol–water partition coefficient (Wildman–Crippen LogP) is 1.37. The number of aliphatic carboxylic acids is 1. The van der Waals surface area contributed by atoms with E-state index >= 15 is 0 Å². The number of urea groups is 1. The molecule has 2 amide bonds. The topological polar surface area (TPSA) is 72.9 Å². The summed E-state index contributed by atoms with van der Waals surface area (Å²) in [4.78, 5) is 27.6. The molecule has 0 radical (unpaired) electrons. The van der Waals surface area contributed by atoms with E-state index in [2.05, 4.69) is 17.3 Å². The van der Waals surface area contributed by atoms with E-state index in [4.69, 9.17) is 0 Å². The lowest BCUT2D eigenvalue weighted by Gasteiger charge is -2.43. The average molecular weight is 297 g/mol. The lowest BCUT2D eigenvalue weighted by molar-refractivity contribution is -0.148. The molecule has 0 aromatic rings. The number of nitrogens with one attached hydrogen (secondary N) is 1. The maximum atomic E-state index is 12.3. The van der Waals surface area contributed by atoms with Gasteiger partial charge < -0.3 is 20.2 Å². The molecule has 1 unspecified atom stereocenters. The molecule has 6 nitrogen and oxygen atoms in total. The van der Waals surface area contributed by atoms with Crippen LogP contribution in [0.3, 0.4) is 0 Å². The van der Waals surface area contributed by atoms with E-state index in [0.717, 1.165) is 19.4 Å². The van der Waals surface area contributed by atoms with E-state index in [0.29, 0.717) is 19.1 Å². The molecule has 1 atom stereocenters. The minimum Gasteiger partial charge on any atom is -0.480 e. The summed E-state index contributed by atoms with van der Waals surface area (Å²) >= 11 is 0. The zero-order chi connectivity index (χ0) is 15.6. The number of likely N-dealkylation sites (N-methyl/N-ethyl adjacent to an activating group) is 1. The monoisotopic (exact) mass is 297 g/mol. The molecule has 2 fully saturated rings. The largest absolute Gasteiger partial charge is 0.480 e. The summed E-state index contributed by atoms with van der Waals surface area (Å²) in [7, 11) is 2.06. The van der Waals surface area contributed by atoms with Crippen molar-refractivity contribution in [1.29, 1.82) is 0 Å². The molecule has 1 aliphatic carbocycles. The quantitative estimate of drug-likeness (QED) is 0.804. The number of nitrogens with zero attached hydrogens (tertiary/aromatic N) is 2. The lowest BCUT2D eigenvalue weighted by atomic mass is 9.76. The van der Waals surface area contributed by atoms with Crippen LogP contribution >= 0.6 is 0 Å². The molecule has 0 bridgehead atoms. The van der Waals surface area contributed by atoms with Crippen LogP contribution in [-0.2, 0) is 4.79 Å². The zero-order valence-corrected chi connectivity index (χ0v) is 13.3. The average Bonchev–Trinajstić information content (AvgIpc) is 3.20. The molecule has 21 heavy (non-hydrogen) atoms. The van der Waals surface area contributed by atoms with Crippen molar-refractivity contribution in [2.24, 2.45) is 5.41 Å². The van der Waals surface area contributed by atoms with Gasteiger partial charge >= 0.3 is 12.0 Å². The minimum absolute atomic E-state index is 0.251. The van der Waals surface area contributed by atoms with Crippen LogP contribution in [-0.4, -0.2) is 65.7 Å². The molecule has 2 N–H and O–H groups in total. The molecule has 1 saturated carbocycles. The molecule has 2 rings (SSSR count). The summed E-state index contributed by atoms with van der Waals surface area (Å²) in [5, 5.41) is 12.3. The van der Waals surface area contributed by atoms with Gasteiger partial charge in [0, 0.05) is 25.7 Å². The van der Waals surface area contributed by atoms with Crippen LogP contribution < -0.4 is 5.32 Å². The number of rotatable bonds is 5. The maximum absolute atomic E-state index is 12.3. The molecular formula is C15H27N3O3. The fourth-order valence-electron chi connectivity index (χ4n) is 3.22. The third kappa shape index (κ3) is 3.87. The standard InChI is InChI=1S/C15H27N3O3/c1-15(2)7-4-9-18(12(15)13(19)20)14(21)16-8-10-17(3)11-5-6-11/h11-12H,4-10H2,1-3H3,(H,16,21)(H,19,20). The molecular weight excluding hydrogens is 270 g/mol. The van der Waals surface area contributed by atoms with Crippen molar-refractivity contribution in [3.8, 4) is 0 Å². The number of hydrogen-bond donors (Lipinski definition) is 2. The Balaban J connectivity index is 1.88. The molecule has 1 aliphatic heterocycles. The highest BCUT2D eigenvalue weighted by atomic mass is 16.4. The third-order valence-corrected chi connectivity index (χ3v) is 4.68. The smallest absolute Gasteiger partial charge is 0.327 e. The van der Waals surface area contributed by atoms with Gasteiger partial charge in [-0.25, -0.2) is 9.59 Å². The van der Waals surface area contributed by atoms with Gasteiger partial charge in [-0.15, -0.1) is 0 Å². The van der Waals surface area contributed by atoms with Crippen LogP contribution in [0.5, 0.6) is 0 Å². The van der Waals surface area contributed by atoms with E-state index in [1.165, 1.54) is 17.7 Å². The van der Waals surface area contributed by atoms with Crippen molar-refractivity contribution in [2.75, 3.05) is 26.7 Å². The van der Waals surface area contributed by atoms with Gasteiger partial charge in [0.2, 0.25) is 0 Å². The SMILES string of the molecule is CN(CCNC(=O)N1CCCC(C)(C)C1C(=O)O)C1CC1. The summed E-state index contributed by atoms with van der Waals surface area (Å²) in [6.07, 6.45) is 4.17. The fourth-order valence-corrected chi connectivity index (χ4v) is 3.22. The Morgan fingerprint density at radius 1 is 1.38 bits per heavy atom. The van der Waals surface area contributed by atoms with E-state index in [1.807, 2.05) is 13.8 Å². The molecule has 0 spiro atoms. The van der Waals surface area contributed by atoms with E-state index in [1.54, 1.807) is 0 Å². The first-order chi connectivity index (χ1) is 9.83. The summed E-state index contributed by atoms with van der Waals surface area (Å²) in [5.41, 5.74) is -0.383. The summed E-state index contributed by atoms with van der Waals surface area (Å²) < 4.78 is 0. The Kier molecular flexibility index (Phi) is 4.76. The second-order valence-electron chi connectivity index (χ2n) is 6.97. The first-order valence-electron chi connectivity index (χ1n) is 7.80. The number of hydrogen-bond acceptors (Lipinski definition) is 3. The number of carboxylic acids is 1. The molecule has 120 valence electrons. The van der Waals surface area contributed by atoms with Crippen molar-refractivity contribution in [2.45, 2.75) is 51.6 Å². The van der Waals surface area contributed by atoms with Crippen molar-refractivity contribution in [3.05, 3.63) is 0 Å². The molecule has 0 aromatic heterocycles. The molecule has 1 heterocycles. The Labute approximate surface area is 126 Å². The van der Waals surface area contributed by atoms with Gasteiger partial charge in [-0.2, -0.15) is 0 Å². The molecule has 2 aliphatic rings. The highest BCUT2D eigenvalue weighted by Crippen LogP contribution is 2.35. The van der Waals surface area contributed by atoms with Gasteiger partial charge in [0.1, 0.15) is 6.04 Å². The second kappa shape index (κ2) is 6.22. The van der Waals surface area contributed by atoms with Crippen LogP contribution in [0.4, 0.5) is 4.79 Å². The van der Waals surface area contributed by atoms with Crippen LogP contribution in [0.2, 0.25) is 0 Å². The third-order valence-electron chi connectivity index (χ3n) is 4.68. The first kappa shape index (κ1) is 16.1. The second-order valence-corrected chi connectivity index (χ2v) is 6.97. The van der Waals surface area contributed by atoms with E-state index < -0.39 is 12.0 Å². The summed E-state index contributed by atoms with van der Waals surface area (Å²) in [5.74, 6) is -0.912. The number of carbonyl (C=O) groups excluding carboxylic acids is 1. The van der Waals surface area contributed by atoms with Gasteiger partial charge in [-0.3, -0.25) is 0 Å². The first-order valence-corrected chi connectivity index (χ1v) is 7.80. The number of amides is 2. The maximum Gasteiger partial charge on any atom is 0.327 e. The van der Waals surface area contributed by atoms with Crippen LogP contribution in [0, 0.1) is 5.41 Å². The Morgan fingerprint density at radius 2 is 2.05 bits per heavy atom. The Morgan fingerprint density at radius 3 is 2.62 bits per heavy atom. The van der Waals surface area contributed by atoms with Gasteiger partial charge in [-0.1, -0.05) is 13.8 Å². The van der Waals surface area contributed by atoms with Crippen molar-refractivity contribution in [1.82, 2.24) is 15.1 Å². The molecule has 1 saturated heterocycles. The normalized spacial score (nSPS) is 25.0. The highest BCUT2D eigenvalue weighted by molar-refractivity contribution is 5.83. The van der Waals surface area contributed by atoms with Crippen molar-refractivity contribution in [3.63, 3.8) is 0 Å².